The van der Waals surface area contributed by atoms with Gasteiger partial charge in [-0.05, 0) is 32.0 Å². The first-order valence-electron chi connectivity index (χ1n) is 6.24. The van der Waals surface area contributed by atoms with Gasteiger partial charge in [-0.2, -0.15) is 0 Å². The zero-order valence-electron chi connectivity index (χ0n) is 11.8. The minimum atomic E-state index is -1.12. The molecule has 0 aliphatic rings. The molecule has 1 aromatic carbocycles. The Morgan fingerprint density at radius 2 is 2.05 bits per heavy atom. The first-order valence-corrected chi connectivity index (χ1v) is 6.24. The second-order valence-corrected chi connectivity index (χ2v) is 4.47. The van der Waals surface area contributed by atoms with Crippen LogP contribution < -0.4 is 10.1 Å². The van der Waals surface area contributed by atoms with Gasteiger partial charge < -0.3 is 19.9 Å². The Kier molecular flexibility index (Phi) is 5.99. The van der Waals surface area contributed by atoms with Crippen LogP contribution in [-0.2, 0) is 9.53 Å². The van der Waals surface area contributed by atoms with E-state index in [1.165, 1.54) is 7.11 Å². The summed E-state index contributed by atoms with van der Waals surface area (Å²) in [4.78, 5) is 22.7. The summed E-state index contributed by atoms with van der Waals surface area (Å²) in [7, 11) is 1.28. The van der Waals surface area contributed by atoms with Gasteiger partial charge in [-0.3, -0.25) is 4.79 Å². The number of methoxy groups -OCH3 is 1. The molecule has 2 N–H and O–H groups in total. The molecule has 0 saturated heterocycles. The molecule has 1 atom stereocenters. The van der Waals surface area contributed by atoms with Crippen LogP contribution in [0.25, 0.3) is 0 Å². The molecule has 0 aliphatic heterocycles. The predicted octanol–water partition coefficient (Wildman–Crippen LogP) is 1.30. The van der Waals surface area contributed by atoms with Crippen molar-refractivity contribution in [2.45, 2.75) is 26.1 Å². The number of carbonyl (C=O) groups excluding carboxylic acids is 1. The summed E-state index contributed by atoms with van der Waals surface area (Å²) in [6.45, 7) is 3.69. The summed E-state index contributed by atoms with van der Waals surface area (Å²) in [5, 5.41) is 11.3. The zero-order valence-corrected chi connectivity index (χ0v) is 11.8. The van der Waals surface area contributed by atoms with E-state index < -0.39 is 12.1 Å². The van der Waals surface area contributed by atoms with E-state index in [4.69, 9.17) is 14.6 Å². The third-order valence-corrected chi connectivity index (χ3v) is 2.48. The van der Waals surface area contributed by atoms with Gasteiger partial charge in [0.05, 0.1) is 12.6 Å². The van der Waals surface area contributed by atoms with E-state index in [2.05, 4.69) is 5.32 Å². The largest absolute Gasteiger partial charge is 0.491 e. The van der Waals surface area contributed by atoms with Crippen molar-refractivity contribution in [3.05, 3.63) is 29.8 Å². The summed E-state index contributed by atoms with van der Waals surface area (Å²) in [6, 6.07) is 6.70. The average Bonchev–Trinajstić information content (AvgIpc) is 2.38. The van der Waals surface area contributed by atoms with E-state index in [9.17, 15) is 9.59 Å². The van der Waals surface area contributed by atoms with Crippen molar-refractivity contribution in [2.24, 2.45) is 0 Å². The molecular formula is C14H19NO5. The summed E-state index contributed by atoms with van der Waals surface area (Å²) < 4.78 is 10.2. The van der Waals surface area contributed by atoms with Gasteiger partial charge in [0.15, 0.2) is 6.10 Å². The van der Waals surface area contributed by atoms with Gasteiger partial charge in [0.25, 0.3) is 5.91 Å². The Bertz CT molecular complexity index is 472. The highest BCUT2D eigenvalue weighted by Crippen LogP contribution is 2.14. The molecule has 1 rings (SSSR count). The highest BCUT2D eigenvalue weighted by molar-refractivity contribution is 5.94. The topological polar surface area (TPSA) is 84.9 Å². The molecule has 0 saturated carbocycles. The van der Waals surface area contributed by atoms with Crippen molar-refractivity contribution in [1.29, 1.82) is 0 Å². The van der Waals surface area contributed by atoms with E-state index >= 15 is 0 Å². The molecule has 0 aromatic heterocycles. The fourth-order valence-corrected chi connectivity index (χ4v) is 1.54. The summed E-state index contributed by atoms with van der Waals surface area (Å²) in [5.41, 5.74) is 0.406. The standard InChI is InChI=1S/C14H19NO5/c1-9(2)20-11-6-4-5-10(7-11)13(16)15-8-12(19-3)14(17)18/h4-7,9,12H,8H2,1-3H3,(H,15,16)(H,17,18). The maximum atomic E-state index is 11.9. The molecule has 1 amide bonds. The first kappa shape index (κ1) is 16.0. The van der Waals surface area contributed by atoms with Crippen LogP contribution >= 0.6 is 0 Å². The van der Waals surface area contributed by atoms with Crippen molar-refractivity contribution in [1.82, 2.24) is 5.32 Å². The number of benzene rings is 1. The first-order chi connectivity index (χ1) is 9.43. The quantitative estimate of drug-likeness (QED) is 0.787. The fraction of sp³-hybridized carbons (Fsp3) is 0.429. The molecule has 1 unspecified atom stereocenters. The molecule has 6 nitrogen and oxygen atoms in total. The number of hydrogen-bond acceptors (Lipinski definition) is 4. The van der Waals surface area contributed by atoms with Crippen molar-refractivity contribution in [2.75, 3.05) is 13.7 Å². The van der Waals surface area contributed by atoms with Crippen LogP contribution in [0.5, 0.6) is 5.75 Å². The number of hydrogen-bond donors (Lipinski definition) is 2. The van der Waals surface area contributed by atoms with Crippen molar-refractivity contribution in [3.8, 4) is 5.75 Å². The predicted molar refractivity (Wildman–Crippen MR) is 73.0 cm³/mol. The Morgan fingerprint density at radius 3 is 2.60 bits per heavy atom. The minimum absolute atomic E-state index is 0.0122. The van der Waals surface area contributed by atoms with E-state index in [0.717, 1.165) is 0 Å². The van der Waals surface area contributed by atoms with E-state index in [1.807, 2.05) is 13.8 Å². The van der Waals surface area contributed by atoms with Crippen molar-refractivity contribution >= 4 is 11.9 Å². The maximum Gasteiger partial charge on any atom is 0.334 e. The molecule has 110 valence electrons. The van der Waals surface area contributed by atoms with Crippen molar-refractivity contribution < 1.29 is 24.2 Å². The number of amides is 1. The number of carboxylic acid groups (broad SMARTS) is 1. The van der Waals surface area contributed by atoms with Crippen LogP contribution in [0.2, 0.25) is 0 Å². The number of nitrogens with one attached hydrogen (secondary N) is 1. The number of carboxylic acids is 1. The average molecular weight is 281 g/mol. The molecule has 20 heavy (non-hydrogen) atoms. The molecule has 1 aromatic rings. The molecule has 0 fully saturated rings. The fourth-order valence-electron chi connectivity index (χ4n) is 1.54. The lowest BCUT2D eigenvalue weighted by Gasteiger charge is -2.13. The van der Waals surface area contributed by atoms with Gasteiger partial charge in [0.2, 0.25) is 0 Å². The van der Waals surface area contributed by atoms with E-state index in [1.54, 1.807) is 24.3 Å². The highest BCUT2D eigenvalue weighted by atomic mass is 16.5. The normalized spacial score (nSPS) is 12.0. The van der Waals surface area contributed by atoms with Gasteiger partial charge in [-0.1, -0.05) is 6.07 Å². The van der Waals surface area contributed by atoms with Gasteiger partial charge in [-0.15, -0.1) is 0 Å². The zero-order chi connectivity index (χ0) is 15.1. The SMILES string of the molecule is COC(CNC(=O)c1cccc(OC(C)C)c1)C(=O)O. The van der Waals surface area contributed by atoms with Crippen LogP contribution in [0.3, 0.4) is 0 Å². The third kappa shape index (κ3) is 4.89. The van der Waals surface area contributed by atoms with E-state index in [0.29, 0.717) is 11.3 Å². The van der Waals surface area contributed by atoms with Crippen LogP contribution in [0, 0.1) is 0 Å². The van der Waals surface area contributed by atoms with Crippen LogP contribution in [0.15, 0.2) is 24.3 Å². The Hall–Kier alpha value is -2.08. The lowest BCUT2D eigenvalue weighted by atomic mass is 10.2. The summed E-state index contributed by atoms with van der Waals surface area (Å²) in [5.74, 6) is -0.902. The molecular weight excluding hydrogens is 262 g/mol. The summed E-state index contributed by atoms with van der Waals surface area (Å²) in [6.07, 6.45) is -1.05. The Morgan fingerprint density at radius 1 is 1.35 bits per heavy atom. The second kappa shape index (κ2) is 7.49. The van der Waals surface area contributed by atoms with Crippen LogP contribution in [-0.4, -0.2) is 42.8 Å². The van der Waals surface area contributed by atoms with Gasteiger partial charge >= 0.3 is 5.97 Å². The number of carbonyl (C=O) groups is 2. The number of ether oxygens (including phenoxy) is 2. The monoisotopic (exact) mass is 281 g/mol. The van der Waals surface area contributed by atoms with Gasteiger partial charge in [0.1, 0.15) is 5.75 Å². The van der Waals surface area contributed by atoms with Crippen LogP contribution in [0.4, 0.5) is 0 Å². The molecule has 0 radical (unpaired) electrons. The molecule has 6 heteroatoms. The van der Waals surface area contributed by atoms with Gasteiger partial charge in [0, 0.05) is 12.7 Å². The maximum absolute atomic E-state index is 11.9. The molecule has 0 bridgehead atoms. The lowest BCUT2D eigenvalue weighted by molar-refractivity contribution is -0.148. The third-order valence-electron chi connectivity index (χ3n) is 2.48. The molecule has 0 heterocycles. The summed E-state index contributed by atoms with van der Waals surface area (Å²) >= 11 is 0. The number of aliphatic carboxylic acids is 1. The molecule has 0 aliphatic carbocycles. The van der Waals surface area contributed by atoms with Crippen molar-refractivity contribution in [3.63, 3.8) is 0 Å². The minimum Gasteiger partial charge on any atom is -0.491 e. The smallest absolute Gasteiger partial charge is 0.334 e. The lowest BCUT2D eigenvalue weighted by Crippen LogP contribution is -2.37. The molecule has 0 spiro atoms. The second-order valence-electron chi connectivity index (χ2n) is 4.47. The van der Waals surface area contributed by atoms with E-state index in [-0.39, 0.29) is 18.6 Å². The van der Waals surface area contributed by atoms with Crippen LogP contribution in [0.1, 0.15) is 24.2 Å². The van der Waals surface area contributed by atoms with Gasteiger partial charge in [-0.25, -0.2) is 4.79 Å². The number of rotatable bonds is 7. The Labute approximate surface area is 117 Å². The Balaban J connectivity index is 2.65. The highest BCUT2D eigenvalue weighted by Gasteiger charge is 2.17.